The molecule has 124 valence electrons. The maximum Gasteiger partial charge on any atom is 0.406 e. The zero-order valence-electron chi connectivity index (χ0n) is 12.4. The molecule has 0 fully saturated rings. The van der Waals surface area contributed by atoms with Gasteiger partial charge >= 0.3 is 6.18 Å². The molecular weight excluding hydrogens is 333 g/mol. The van der Waals surface area contributed by atoms with E-state index in [2.05, 4.69) is 10.1 Å². The van der Waals surface area contributed by atoms with Crippen LogP contribution in [0, 0.1) is 6.92 Å². The third-order valence-electron chi connectivity index (χ3n) is 3.07. The van der Waals surface area contributed by atoms with Gasteiger partial charge in [0.2, 0.25) is 5.82 Å². The largest absolute Gasteiger partial charge is 0.406 e. The molecule has 0 aliphatic carbocycles. The summed E-state index contributed by atoms with van der Waals surface area (Å²) in [6.07, 6.45) is -4.47. The maximum absolute atomic E-state index is 12.5. The Morgan fingerprint density at radius 2 is 1.91 bits per heavy atom. The van der Waals surface area contributed by atoms with Crippen molar-refractivity contribution in [3.63, 3.8) is 0 Å². The van der Waals surface area contributed by atoms with Crippen molar-refractivity contribution >= 4 is 17.5 Å². The van der Waals surface area contributed by atoms with Gasteiger partial charge in [0.1, 0.15) is 12.4 Å². The van der Waals surface area contributed by atoms with Crippen molar-refractivity contribution in [2.24, 2.45) is 0 Å². The minimum absolute atomic E-state index is 0.0904. The summed E-state index contributed by atoms with van der Waals surface area (Å²) in [7, 11) is 0. The van der Waals surface area contributed by atoms with E-state index < -0.39 is 18.6 Å². The molecule has 1 heterocycles. The second kappa shape index (κ2) is 6.57. The van der Waals surface area contributed by atoms with Crippen LogP contribution in [0.1, 0.15) is 23.4 Å². The average molecular weight is 347 g/mol. The molecular formula is C14H14ClF3N4O. The van der Waals surface area contributed by atoms with Crippen LogP contribution in [0.2, 0.25) is 5.02 Å². The van der Waals surface area contributed by atoms with Crippen molar-refractivity contribution in [2.45, 2.75) is 20.0 Å². The highest BCUT2D eigenvalue weighted by molar-refractivity contribution is 6.30. The minimum Gasteiger partial charge on any atom is -0.327 e. The summed E-state index contributed by atoms with van der Waals surface area (Å²) in [5, 5.41) is 4.54. The van der Waals surface area contributed by atoms with Crippen LogP contribution in [0.3, 0.4) is 0 Å². The Bertz CT molecular complexity index is 697. The smallest absolute Gasteiger partial charge is 0.327 e. The number of alkyl halides is 3. The molecule has 0 aliphatic rings. The van der Waals surface area contributed by atoms with Gasteiger partial charge in [-0.3, -0.25) is 4.79 Å². The van der Waals surface area contributed by atoms with Crippen molar-refractivity contribution in [1.82, 2.24) is 19.7 Å². The lowest BCUT2D eigenvalue weighted by Crippen LogP contribution is -2.39. The average Bonchev–Trinajstić information content (AvgIpc) is 2.86. The number of hydrogen-bond donors (Lipinski definition) is 0. The Hall–Kier alpha value is -2.09. The Morgan fingerprint density at radius 1 is 1.30 bits per heavy atom. The van der Waals surface area contributed by atoms with Gasteiger partial charge in [-0.05, 0) is 38.1 Å². The number of hydrogen-bond acceptors (Lipinski definition) is 3. The predicted octanol–water partition coefficient (Wildman–Crippen LogP) is 3.25. The van der Waals surface area contributed by atoms with Crippen LogP contribution in [0.15, 0.2) is 24.3 Å². The molecule has 0 bridgehead atoms. The quantitative estimate of drug-likeness (QED) is 0.854. The topological polar surface area (TPSA) is 51.0 Å². The van der Waals surface area contributed by atoms with Crippen molar-refractivity contribution in [1.29, 1.82) is 0 Å². The SMILES string of the molecule is CCN(CC(F)(F)F)C(=O)c1nc(C)n(-c2ccc(Cl)cc2)n1. The molecule has 2 rings (SSSR count). The van der Waals surface area contributed by atoms with Crippen molar-refractivity contribution in [3.05, 3.63) is 40.9 Å². The van der Waals surface area contributed by atoms with Gasteiger partial charge in [0, 0.05) is 11.6 Å². The fraction of sp³-hybridized carbons (Fsp3) is 0.357. The van der Waals surface area contributed by atoms with E-state index in [1.54, 1.807) is 31.2 Å². The standard InChI is InChI=1S/C14H14ClF3N4O/c1-3-21(8-14(16,17)18)13(23)12-19-9(2)22(20-12)11-6-4-10(15)5-7-11/h4-7H,3,8H2,1-2H3. The number of nitrogens with zero attached hydrogens (tertiary/aromatic N) is 4. The maximum atomic E-state index is 12.5. The van der Waals surface area contributed by atoms with Gasteiger partial charge in [-0.1, -0.05) is 11.6 Å². The van der Waals surface area contributed by atoms with Crippen molar-refractivity contribution < 1.29 is 18.0 Å². The van der Waals surface area contributed by atoms with Crippen LogP contribution in [0.25, 0.3) is 5.69 Å². The fourth-order valence-electron chi connectivity index (χ4n) is 1.99. The lowest BCUT2D eigenvalue weighted by Gasteiger charge is -2.20. The summed E-state index contributed by atoms with van der Waals surface area (Å²) in [5.41, 5.74) is 0.609. The molecule has 0 N–H and O–H groups in total. The van der Waals surface area contributed by atoms with Gasteiger partial charge < -0.3 is 4.90 Å². The summed E-state index contributed by atoms with van der Waals surface area (Å²) in [6, 6.07) is 6.63. The highest BCUT2D eigenvalue weighted by Crippen LogP contribution is 2.18. The fourth-order valence-corrected chi connectivity index (χ4v) is 2.12. The molecule has 0 saturated heterocycles. The van der Waals surface area contributed by atoms with E-state index >= 15 is 0 Å². The number of halogens is 4. The van der Waals surface area contributed by atoms with E-state index in [1.165, 1.54) is 11.6 Å². The van der Waals surface area contributed by atoms with Crippen LogP contribution in [0.4, 0.5) is 13.2 Å². The van der Waals surface area contributed by atoms with E-state index in [0.717, 1.165) is 0 Å². The Labute approximate surface area is 135 Å². The lowest BCUT2D eigenvalue weighted by molar-refractivity contribution is -0.140. The summed E-state index contributed by atoms with van der Waals surface area (Å²) in [6.45, 7) is 1.65. The molecule has 0 radical (unpaired) electrons. The second-order valence-electron chi connectivity index (χ2n) is 4.81. The Balaban J connectivity index is 2.29. The summed E-state index contributed by atoms with van der Waals surface area (Å²) < 4.78 is 38.9. The van der Waals surface area contributed by atoms with E-state index in [9.17, 15) is 18.0 Å². The Morgan fingerprint density at radius 3 is 2.43 bits per heavy atom. The zero-order chi connectivity index (χ0) is 17.2. The van der Waals surface area contributed by atoms with Crippen LogP contribution in [-0.2, 0) is 0 Å². The third-order valence-corrected chi connectivity index (χ3v) is 3.32. The van der Waals surface area contributed by atoms with Crippen LogP contribution < -0.4 is 0 Å². The first-order valence-electron chi connectivity index (χ1n) is 6.77. The first-order valence-corrected chi connectivity index (χ1v) is 7.14. The predicted molar refractivity (Wildman–Crippen MR) is 78.7 cm³/mol. The van der Waals surface area contributed by atoms with Crippen LogP contribution in [-0.4, -0.2) is 44.8 Å². The molecule has 23 heavy (non-hydrogen) atoms. The molecule has 1 aromatic heterocycles. The molecule has 5 nitrogen and oxygen atoms in total. The molecule has 0 aliphatic heterocycles. The number of rotatable bonds is 4. The van der Waals surface area contributed by atoms with Crippen molar-refractivity contribution in [2.75, 3.05) is 13.1 Å². The molecule has 1 aromatic carbocycles. The second-order valence-corrected chi connectivity index (χ2v) is 5.24. The van der Waals surface area contributed by atoms with Gasteiger partial charge in [-0.2, -0.15) is 13.2 Å². The number of benzene rings is 1. The minimum atomic E-state index is -4.47. The first-order chi connectivity index (χ1) is 10.7. The third kappa shape index (κ3) is 4.22. The summed E-state index contributed by atoms with van der Waals surface area (Å²) >= 11 is 5.80. The molecule has 1 amide bonds. The number of carbonyl (C=O) groups excluding carboxylic acids is 1. The highest BCUT2D eigenvalue weighted by atomic mass is 35.5. The molecule has 2 aromatic rings. The highest BCUT2D eigenvalue weighted by Gasteiger charge is 2.34. The van der Waals surface area contributed by atoms with Gasteiger partial charge in [-0.15, -0.1) is 5.10 Å². The van der Waals surface area contributed by atoms with E-state index in [0.29, 0.717) is 21.4 Å². The zero-order valence-corrected chi connectivity index (χ0v) is 13.2. The normalized spacial score (nSPS) is 11.6. The molecule has 0 saturated carbocycles. The van der Waals surface area contributed by atoms with Crippen LogP contribution in [0.5, 0.6) is 0 Å². The number of carbonyl (C=O) groups is 1. The number of aryl methyl sites for hydroxylation is 1. The molecule has 0 unspecified atom stereocenters. The molecule has 0 atom stereocenters. The van der Waals surface area contributed by atoms with E-state index in [1.807, 2.05) is 0 Å². The van der Waals surface area contributed by atoms with Gasteiger partial charge in [0.25, 0.3) is 5.91 Å². The molecule has 9 heteroatoms. The van der Waals surface area contributed by atoms with E-state index in [-0.39, 0.29) is 12.4 Å². The van der Waals surface area contributed by atoms with Gasteiger partial charge in [-0.25, -0.2) is 9.67 Å². The summed E-state index contributed by atoms with van der Waals surface area (Å²) in [5.74, 6) is -0.747. The van der Waals surface area contributed by atoms with Gasteiger partial charge in [0.05, 0.1) is 5.69 Å². The Kier molecular flexibility index (Phi) is 4.93. The number of amides is 1. The first kappa shape index (κ1) is 17.3. The monoisotopic (exact) mass is 346 g/mol. The van der Waals surface area contributed by atoms with Crippen molar-refractivity contribution in [3.8, 4) is 5.69 Å². The van der Waals surface area contributed by atoms with Crippen LogP contribution >= 0.6 is 11.6 Å². The summed E-state index contributed by atoms with van der Waals surface area (Å²) in [4.78, 5) is 16.8. The molecule has 0 spiro atoms. The lowest BCUT2D eigenvalue weighted by atomic mass is 10.3. The van der Waals surface area contributed by atoms with Gasteiger partial charge in [0.15, 0.2) is 0 Å². The van der Waals surface area contributed by atoms with E-state index in [4.69, 9.17) is 11.6 Å². The number of aromatic nitrogens is 3.